The number of benzene rings is 4. The highest BCUT2D eigenvalue weighted by atomic mass is 16.6. The van der Waals surface area contributed by atoms with Crippen LogP contribution in [0.2, 0.25) is 0 Å². The van der Waals surface area contributed by atoms with E-state index >= 15 is 0 Å². The summed E-state index contributed by atoms with van der Waals surface area (Å²) in [6, 6.07) is 34.2. The number of carbonyl (C=O) groups excluding carboxylic acids is 3. The molecule has 2 N–H and O–H groups in total. The van der Waals surface area contributed by atoms with Crippen LogP contribution in [-0.4, -0.2) is 60.4 Å². The summed E-state index contributed by atoms with van der Waals surface area (Å²) in [5, 5.41) is 13.4. The van der Waals surface area contributed by atoms with E-state index in [4.69, 9.17) is 18.9 Å². The molecule has 10 heteroatoms. The Hall–Kier alpha value is -5.32. The van der Waals surface area contributed by atoms with Gasteiger partial charge in [0.2, 0.25) is 12.2 Å². The summed E-state index contributed by atoms with van der Waals surface area (Å²) >= 11 is 0. The van der Waals surface area contributed by atoms with Gasteiger partial charge in [-0.3, -0.25) is 0 Å². The maximum Gasteiger partial charge on any atom is 0.352 e. The van der Waals surface area contributed by atoms with Gasteiger partial charge < -0.3 is 29.4 Å². The Morgan fingerprint density at radius 1 is 0.652 bits per heavy atom. The van der Waals surface area contributed by atoms with Crippen molar-refractivity contribution < 1.29 is 43.2 Å². The van der Waals surface area contributed by atoms with Crippen LogP contribution in [0.25, 0.3) is 0 Å². The van der Waals surface area contributed by atoms with Crippen LogP contribution >= 0.6 is 0 Å². The van der Waals surface area contributed by atoms with Crippen molar-refractivity contribution in [2.75, 3.05) is 13.2 Å². The van der Waals surface area contributed by atoms with E-state index in [0.717, 1.165) is 11.1 Å². The number of carbonyl (C=O) groups is 4. The number of aliphatic carboxylic acids is 1. The second-order valence-electron chi connectivity index (χ2n) is 10.3. The Labute approximate surface area is 266 Å². The first-order valence-electron chi connectivity index (χ1n) is 14.7. The largest absolute Gasteiger partial charge is 0.478 e. The quantitative estimate of drug-likeness (QED) is 0.129. The zero-order valence-corrected chi connectivity index (χ0v) is 25.2. The first-order chi connectivity index (χ1) is 22.3. The lowest BCUT2D eigenvalue weighted by Crippen LogP contribution is -2.48. The molecule has 4 aromatic rings. The maximum atomic E-state index is 13.7. The van der Waals surface area contributed by atoms with Gasteiger partial charge in [0.1, 0.15) is 6.10 Å². The van der Waals surface area contributed by atoms with Crippen molar-refractivity contribution in [1.82, 2.24) is 5.32 Å². The van der Waals surface area contributed by atoms with Crippen molar-refractivity contribution in [3.8, 4) is 0 Å². The van der Waals surface area contributed by atoms with Gasteiger partial charge in [-0.15, -0.1) is 0 Å². The molecule has 0 spiro atoms. The lowest BCUT2D eigenvalue weighted by molar-refractivity contribution is -0.176. The molecule has 4 atom stereocenters. The highest BCUT2D eigenvalue weighted by Crippen LogP contribution is 2.17. The molecule has 4 rings (SSSR count). The molecule has 0 saturated carbocycles. The number of hydrogen-bond donors (Lipinski definition) is 2. The average Bonchev–Trinajstić information content (AvgIpc) is 3.09. The number of esters is 3. The molecule has 0 aliphatic carbocycles. The van der Waals surface area contributed by atoms with Crippen molar-refractivity contribution in [2.45, 2.75) is 37.9 Å². The fraction of sp³-hybridized carbons (Fsp3) is 0.222. The van der Waals surface area contributed by atoms with Crippen LogP contribution in [0.5, 0.6) is 0 Å². The summed E-state index contributed by atoms with van der Waals surface area (Å²) in [6.07, 6.45) is -5.30. The third-order valence-electron chi connectivity index (χ3n) is 6.89. The van der Waals surface area contributed by atoms with E-state index in [1.807, 2.05) is 67.6 Å². The molecular formula is C36H35NO9. The van der Waals surface area contributed by atoms with Gasteiger partial charge in [0.15, 0.2) is 0 Å². The highest BCUT2D eigenvalue weighted by Gasteiger charge is 2.43. The highest BCUT2D eigenvalue weighted by molar-refractivity contribution is 5.95. The van der Waals surface area contributed by atoms with Gasteiger partial charge in [-0.05, 0) is 42.3 Å². The minimum absolute atomic E-state index is 0.0431. The summed E-state index contributed by atoms with van der Waals surface area (Å²) < 4.78 is 22.2. The standard InChI is InChI=1S/C36H35NO9/c1-25(27-16-8-3-9-17-27)37-22-30(24-43-23-26-14-6-2-7-15-26)44-36(42)32(46-35(41)29-20-12-5-13-21-29)31(33(38)39)45-34(40)28-18-10-4-11-19-28/h2-21,25,30-32,37H,22-24H2,1H3,(H,38,39)/t25-,30+,31-,32-/m1/s1. The second kappa shape index (κ2) is 17.2. The van der Waals surface area contributed by atoms with Crippen LogP contribution in [0.1, 0.15) is 44.8 Å². The summed E-state index contributed by atoms with van der Waals surface area (Å²) in [4.78, 5) is 52.0. The molecule has 238 valence electrons. The molecule has 0 aliphatic rings. The molecule has 0 unspecified atom stereocenters. The number of hydrogen-bond acceptors (Lipinski definition) is 9. The van der Waals surface area contributed by atoms with Crippen LogP contribution < -0.4 is 5.32 Å². The fourth-order valence-corrected chi connectivity index (χ4v) is 4.41. The van der Waals surface area contributed by atoms with E-state index in [1.54, 1.807) is 36.4 Å². The van der Waals surface area contributed by atoms with Gasteiger partial charge in [-0.1, -0.05) is 97.1 Å². The first kappa shape index (κ1) is 33.6. The molecular weight excluding hydrogens is 590 g/mol. The molecule has 0 heterocycles. The SMILES string of the molecule is C[C@@H](NC[C@@H](COCc1ccccc1)OC(=O)[C@H](OC(=O)c1ccccc1)[C@@H](OC(=O)c1ccccc1)C(=O)O)c1ccccc1. The normalized spacial score (nSPS) is 13.4. The Bertz CT molecular complexity index is 1550. The number of carboxylic acids is 1. The predicted octanol–water partition coefficient (Wildman–Crippen LogP) is 5.00. The van der Waals surface area contributed by atoms with Crippen molar-refractivity contribution in [1.29, 1.82) is 0 Å². The van der Waals surface area contributed by atoms with Gasteiger partial charge in [0.25, 0.3) is 0 Å². The smallest absolute Gasteiger partial charge is 0.352 e. The third-order valence-corrected chi connectivity index (χ3v) is 6.89. The van der Waals surface area contributed by atoms with E-state index in [2.05, 4.69) is 5.32 Å². The van der Waals surface area contributed by atoms with E-state index in [-0.39, 0.29) is 36.9 Å². The van der Waals surface area contributed by atoms with Gasteiger partial charge in [0, 0.05) is 12.6 Å². The molecule has 0 amide bonds. The van der Waals surface area contributed by atoms with Crippen molar-refractivity contribution in [3.63, 3.8) is 0 Å². The number of ether oxygens (including phenoxy) is 4. The van der Waals surface area contributed by atoms with Crippen molar-refractivity contribution in [2.24, 2.45) is 0 Å². The summed E-state index contributed by atoms with van der Waals surface area (Å²) in [6.45, 7) is 2.20. The van der Waals surface area contributed by atoms with Crippen LogP contribution in [0.3, 0.4) is 0 Å². The fourth-order valence-electron chi connectivity index (χ4n) is 4.41. The molecule has 0 bridgehead atoms. The monoisotopic (exact) mass is 625 g/mol. The second-order valence-corrected chi connectivity index (χ2v) is 10.3. The van der Waals surface area contributed by atoms with Crippen LogP contribution in [0, 0.1) is 0 Å². The number of rotatable bonds is 16. The molecule has 0 saturated heterocycles. The van der Waals surface area contributed by atoms with Gasteiger partial charge >= 0.3 is 23.9 Å². The molecule has 0 aromatic heterocycles. The van der Waals surface area contributed by atoms with Crippen LogP contribution in [0.4, 0.5) is 0 Å². The van der Waals surface area contributed by atoms with E-state index in [0.29, 0.717) is 0 Å². The van der Waals surface area contributed by atoms with Gasteiger partial charge in [0.05, 0.1) is 24.3 Å². The molecule has 46 heavy (non-hydrogen) atoms. The summed E-state index contributed by atoms with van der Waals surface area (Å²) in [5.41, 5.74) is 1.99. The predicted molar refractivity (Wildman–Crippen MR) is 168 cm³/mol. The van der Waals surface area contributed by atoms with E-state index in [9.17, 15) is 24.3 Å². The Kier molecular flexibility index (Phi) is 12.6. The van der Waals surface area contributed by atoms with Crippen LogP contribution in [0.15, 0.2) is 121 Å². The van der Waals surface area contributed by atoms with Gasteiger partial charge in [-0.2, -0.15) is 0 Å². The lowest BCUT2D eigenvalue weighted by Gasteiger charge is -2.26. The van der Waals surface area contributed by atoms with Crippen molar-refractivity contribution in [3.05, 3.63) is 144 Å². The maximum absolute atomic E-state index is 13.7. The zero-order chi connectivity index (χ0) is 32.7. The Morgan fingerprint density at radius 3 is 1.65 bits per heavy atom. The minimum Gasteiger partial charge on any atom is -0.478 e. The molecule has 10 nitrogen and oxygen atoms in total. The summed E-state index contributed by atoms with van der Waals surface area (Å²) in [7, 11) is 0. The lowest BCUT2D eigenvalue weighted by atomic mass is 10.1. The molecule has 0 fully saturated rings. The van der Waals surface area contributed by atoms with Crippen molar-refractivity contribution >= 4 is 23.9 Å². The first-order valence-corrected chi connectivity index (χ1v) is 14.7. The van der Waals surface area contributed by atoms with Crippen LogP contribution in [-0.2, 0) is 35.1 Å². The molecule has 0 radical (unpaired) electrons. The topological polar surface area (TPSA) is 137 Å². The molecule has 4 aromatic carbocycles. The average molecular weight is 626 g/mol. The summed E-state index contributed by atoms with van der Waals surface area (Å²) in [5.74, 6) is -4.96. The minimum atomic E-state index is -2.21. The van der Waals surface area contributed by atoms with E-state index in [1.165, 1.54) is 24.3 Å². The molecule has 0 aliphatic heterocycles. The number of carboxylic acid groups (broad SMARTS) is 1. The Balaban J connectivity index is 1.55. The third kappa shape index (κ3) is 10.1. The van der Waals surface area contributed by atoms with Gasteiger partial charge in [-0.25, -0.2) is 19.2 Å². The Morgan fingerprint density at radius 2 is 1.13 bits per heavy atom. The number of nitrogens with one attached hydrogen (secondary N) is 1. The van der Waals surface area contributed by atoms with E-state index < -0.39 is 42.2 Å². The zero-order valence-electron chi connectivity index (χ0n) is 25.2.